The van der Waals surface area contributed by atoms with Gasteiger partial charge in [-0.2, -0.15) is 0 Å². The molecule has 1 heterocycles. The molecule has 1 aromatic rings. The summed E-state index contributed by atoms with van der Waals surface area (Å²) >= 11 is 0. The van der Waals surface area contributed by atoms with Gasteiger partial charge in [-0.3, -0.25) is 5.41 Å². The predicted molar refractivity (Wildman–Crippen MR) is 65.8 cm³/mol. The van der Waals surface area contributed by atoms with Gasteiger partial charge in [-0.1, -0.05) is 6.92 Å². The number of anilines is 1. The standard InChI is InChI=1S/C11H19N5/c1-4-9-6-11(15-7-14-9)16(3)8(2)5-10(12)13/h6-8H,4-5H2,1-3H3,(H3,12,13). The predicted octanol–water partition coefficient (Wildman–Crippen LogP) is 1.19. The van der Waals surface area contributed by atoms with Gasteiger partial charge >= 0.3 is 0 Å². The zero-order valence-electron chi connectivity index (χ0n) is 10.1. The molecule has 0 radical (unpaired) electrons. The van der Waals surface area contributed by atoms with Crippen LogP contribution in [0.15, 0.2) is 12.4 Å². The Bertz CT molecular complexity index is 363. The molecular formula is C11H19N5. The molecule has 88 valence electrons. The summed E-state index contributed by atoms with van der Waals surface area (Å²) in [5.41, 5.74) is 6.41. The molecule has 0 amide bonds. The van der Waals surface area contributed by atoms with E-state index in [1.807, 2.05) is 24.9 Å². The van der Waals surface area contributed by atoms with E-state index in [0.29, 0.717) is 6.42 Å². The van der Waals surface area contributed by atoms with E-state index < -0.39 is 0 Å². The number of nitrogens with one attached hydrogen (secondary N) is 1. The average Bonchev–Trinajstić information content (AvgIpc) is 2.27. The van der Waals surface area contributed by atoms with Crippen molar-refractivity contribution >= 4 is 11.7 Å². The van der Waals surface area contributed by atoms with E-state index in [1.165, 1.54) is 0 Å². The molecule has 3 N–H and O–H groups in total. The number of aryl methyl sites for hydroxylation is 1. The van der Waals surface area contributed by atoms with Gasteiger partial charge in [-0.15, -0.1) is 0 Å². The summed E-state index contributed by atoms with van der Waals surface area (Å²) in [5.74, 6) is 1.07. The summed E-state index contributed by atoms with van der Waals surface area (Å²) in [7, 11) is 1.95. The van der Waals surface area contributed by atoms with Gasteiger partial charge in [0.25, 0.3) is 0 Å². The number of amidine groups is 1. The van der Waals surface area contributed by atoms with E-state index in [0.717, 1.165) is 17.9 Å². The highest BCUT2D eigenvalue weighted by Gasteiger charge is 2.12. The van der Waals surface area contributed by atoms with Crippen LogP contribution >= 0.6 is 0 Å². The maximum absolute atomic E-state index is 7.28. The molecule has 0 saturated heterocycles. The fourth-order valence-electron chi connectivity index (χ4n) is 1.45. The number of hydrogen-bond acceptors (Lipinski definition) is 4. The lowest BCUT2D eigenvalue weighted by Gasteiger charge is -2.25. The van der Waals surface area contributed by atoms with Crippen LogP contribution in [0.3, 0.4) is 0 Å². The Morgan fingerprint density at radius 3 is 2.81 bits per heavy atom. The Hall–Kier alpha value is -1.65. The van der Waals surface area contributed by atoms with Crippen LogP contribution in [0.2, 0.25) is 0 Å². The first kappa shape index (κ1) is 12.4. The molecule has 0 aliphatic carbocycles. The lowest BCUT2D eigenvalue weighted by Crippen LogP contribution is -2.33. The first-order valence-electron chi connectivity index (χ1n) is 5.41. The minimum absolute atomic E-state index is 0.164. The molecule has 1 rings (SSSR count). The topological polar surface area (TPSA) is 78.9 Å². The smallest absolute Gasteiger partial charge is 0.132 e. The molecule has 0 spiro atoms. The van der Waals surface area contributed by atoms with E-state index in [-0.39, 0.29) is 11.9 Å². The van der Waals surface area contributed by atoms with Crippen molar-refractivity contribution in [2.75, 3.05) is 11.9 Å². The first-order chi connectivity index (χ1) is 7.54. The summed E-state index contributed by atoms with van der Waals surface area (Å²) in [6.45, 7) is 4.08. The molecule has 0 aliphatic heterocycles. The fraction of sp³-hybridized carbons (Fsp3) is 0.545. The SMILES string of the molecule is CCc1cc(N(C)C(C)CC(=N)N)ncn1. The first-order valence-corrected chi connectivity index (χ1v) is 5.41. The monoisotopic (exact) mass is 221 g/mol. The maximum Gasteiger partial charge on any atom is 0.132 e. The van der Waals surface area contributed by atoms with Crippen LogP contribution in [0.25, 0.3) is 0 Å². The molecule has 0 fully saturated rings. The lowest BCUT2D eigenvalue weighted by molar-refractivity contribution is 0.697. The Morgan fingerprint density at radius 2 is 2.25 bits per heavy atom. The van der Waals surface area contributed by atoms with Gasteiger partial charge < -0.3 is 10.6 Å². The quantitative estimate of drug-likeness (QED) is 0.578. The number of nitrogens with two attached hydrogens (primary N) is 1. The van der Waals surface area contributed by atoms with E-state index >= 15 is 0 Å². The molecule has 0 aromatic carbocycles. The van der Waals surface area contributed by atoms with Crippen molar-refractivity contribution in [2.24, 2.45) is 5.73 Å². The van der Waals surface area contributed by atoms with Gasteiger partial charge in [-0.25, -0.2) is 9.97 Å². The molecule has 16 heavy (non-hydrogen) atoms. The van der Waals surface area contributed by atoms with Crippen molar-refractivity contribution in [3.05, 3.63) is 18.1 Å². The van der Waals surface area contributed by atoms with Crippen LogP contribution in [-0.4, -0.2) is 28.9 Å². The number of nitrogens with zero attached hydrogens (tertiary/aromatic N) is 3. The second-order valence-corrected chi connectivity index (χ2v) is 3.91. The van der Waals surface area contributed by atoms with Gasteiger partial charge in [0.15, 0.2) is 0 Å². The van der Waals surface area contributed by atoms with Gasteiger partial charge in [0.1, 0.15) is 12.1 Å². The fourth-order valence-corrected chi connectivity index (χ4v) is 1.45. The van der Waals surface area contributed by atoms with Crippen LogP contribution in [0.4, 0.5) is 5.82 Å². The summed E-state index contributed by atoms with van der Waals surface area (Å²) in [4.78, 5) is 10.4. The summed E-state index contributed by atoms with van der Waals surface area (Å²) < 4.78 is 0. The zero-order valence-corrected chi connectivity index (χ0v) is 10.1. The molecule has 1 unspecified atom stereocenters. The molecular weight excluding hydrogens is 202 g/mol. The van der Waals surface area contributed by atoms with Crippen LogP contribution in [0.1, 0.15) is 26.0 Å². The normalized spacial score (nSPS) is 12.2. The number of rotatable bonds is 5. The van der Waals surface area contributed by atoms with Crippen molar-refractivity contribution < 1.29 is 0 Å². The third-order valence-electron chi connectivity index (χ3n) is 2.61. The Morgan fingerprint density at radius 1 is 1.56 bits per heavy atom. The highest BCUT2D eigenvalue weighted by molar-refractivity contribution is 5.77. The molecule has 0 saturated carbocycles. The Labute approximate surface area is 96.2 Å². The molecule has 1 aromatic heterocycles. The molecule has 1 atom stereocenters. The van der Waals surface area contributed by atoms with Crippen molar-refractivity contribution in [2.45, 2.75) is 32.7 Å². The molecule has 5 nitrogen and oxygen atoms in total. The highest BCUT2D eigenvalue weighted by Crippen LogP contribution is 2.14. The number of hydrogen-bond donors (Lipinski definition) is 2. The summed E-state index contributed by atoms with van der Waals surface area (Å²) in [6.07, 6.45) is 3.01. The van der Waals surface area contributed by atoms with Gasteiger partial charge in [0, 0.05) is 31.3 Å². The molecule has 0 bridgehead atoms. The second kappa shape index (κ2) is 5.44. The minimum Gasteiger partial charge on any atom is -0.388 e. The van der Waals surface area contributed by atoms with E-state index in [9.17, 15) is 0 Å². The second-order valence-electron chi connectivity index (χ2n) is 3.91. The zero-order chi connectivity index (χ0) is 12.1. The highest BCUT2D eigenvalue weighted by atomic mass is 15.2. The van der Waals surface area contributed by atoms with Crippen molar-refractivity contribution in [1.29, 1.82) is 5.41 Å². The van der Waals surface area contributed by atoms with Crippen LogP contribution in [0, 0.1) is 5.41 Å². The van der Waals surface area contributed by atoms with E-state index in [2.05, 4.69) is 16.9 Å². The Kier molecular flexibility index (Phi) is 4.22. The average molecular weight is 221 g/mol. The van der Waals surface area contributed by atoms with Crippen LogP contribution in [0.5, 0.6) is 0 Å². The van der Waals surface area contributed by atoms with E-state index in [4.69, 9.17) is 11.1 Å². The minimum atomic E-state index is 0.164. The lowest BCUT2D eigenvalue weighted by atomic mass is 10.2. The Balaban J connectivity index is 2.78. The van der Waals surface area contributed by atoms with Gasteiger partial charge in [-0.05, 0) is 13.3 Å². The van der Waals surface area contributed by atoms with Crippen LogP contribution in [-0.2, 0) is 6.42 Å². The van der Waals surface area contributed by atoms with Gasteiger partial charge in [0.2, 0.25) is 0 Å². The molecule has 0 aliphatic rings. The summed E-state index contributed by atoms with van der Waals surface area (Å²) in [6, 6.07) is 2.13. The largest absolute Gasteiger partial charge is 0.388 e. The van der Waals surface area contributed by atoms with Crippen molar-refractivity contribution in [3.8, 4) is 0 Å². The van der Waals surface area contributed by atoms with Crippen molar-refractivity contribution in [3.63, 3.8) is 0 Å². The van der Waals surface area contributed by atoms with Gasteiger partial charge in [0.05, 0.1) is 5.84 Å². The number of aromatic nitrogens is 2. The van der Waals surface area contributed by atoms with Crippen molar-refractivity contribution in [1.82, 2.24) is 9.97 Å². The summed E-state index contributed by atoms with van der Waals surface area (Å²) in [5, 5.41) is 7.28. The third-order valence-corrected chi connectivity index (χ3v) is 2.61. The molecule has 5 heteroatoms. The maximum atomic E-state index is 7.28. The third kappa shape index (κ3) is 3.18. The van der Waals surface area contributed by atoms with E-state index in [1.54, 1.807) is 6.33 Å². The van der Waals surface area contributed by atoms with Crippen LogP contribution < -0.4 is 10.6 Å².